The summed E-state index contributed by atoms with van der Waals surface area (Å²) in [5.41, 5.74) is 15.2. The highest BCUT2D eigenvalue weighted by Gasteiger charge is 2.19. The first-order valence-corrected chi connectivity index (χ1v) is 18.0. The standard InChI is InChI=1S/C12H16.C12H12.C11H13NO.C11H15N/c2*1-9-5-3-7-11-8-4-6-10(2)12(9)11;1-8-5-4-6-10-11(8)12(3)9(2)7-13-10;1-9-5-3-6-10-7-4-8-12(2)11(9)10/h3,5,7,10H,4,6,8H2,1-2H3;3-8H,1-2H3;4-6H,2,7H2,1,3H3;3,5-6H,4,7-8H2,1-2H3. The van der Waals surface area contributed by atoms with Gasteiger partial charge in [-0.15, -0.1) is 0 Å². The van der Waals surface area contributed by atoms with E-state index in [0.717, 1.165) is 23.1 Å². The molecule has 0 saturated carbocycles. The highest BCUT2D eigenvalue weighted by atomic mass is 16.5. The number of hydrogen-bond donors (Lipinski definition) is 0. The molecule has 5 aromatic carbocycles. The number of anilines is 2. The smallest absolute Gasteiger partial charge is 0.143 e. The number of likely N-dealkylation sites (N-methyl/N-ethyl adjacent to an activating group) is 1. The van der Waals surface area contributed by atoms with Crippen LogP contribution in [0.15, 0.2) is 103 Å². The molecular weight excluding hydrogens is 597 g/mol. The highest BCUT2D eigenvalue weighted by molar-refractivity contribution is 5.88. The summed E-state index contributed by atoms with van der Waals surface area (Å²) in [7, 11) is 4.21. The molecule has 1 aliphatic carbocycles. The molecule has 2 heterocycles. The molecule has 0 aromatic heterocycles. The molecule has 5 aromatic rings. The molecule has 0 radical (unpaired) electrons. The van der Waals surface area contributed by atoms with Gasteiger partial charge in [0.05, 0.1) is 5.69 Å². The molecule has 3 nitrogen and oxygen atoms in total. The van der Waals surface area contributed by atoms with Gasteiger partial charge in [0.25, 0.3) is 0 Å². The van der Waals surface area contributed by atoms with Crippen molar-refractivity contribution in [3.8, 4) is 5.75 Å². The zero-order valence-corrected chi connectivity index (χ0v) is 31.2. The van der Waals surface area contributed by atoms with Crippen molar-refractivity contribution in [3.05, 3.63) is 148 Å². The summed E-state index contributed by atoms with van der Waals surface area (Å²) in [6.07, 6.45) is 6.59. The van der Waals surface area contributed by atoms with Crippen LogP contribution in [-0.4, -0.2) is 27.2 Å². The molecule has 8 rings (SSSR count). The third-order valence-electron chi connectivity index (χ3n) is 10.4. The van der Waals surface area contributed by atoms with E-state index in [1.807, 2.05) is 19.2 Å². The van der Waals surface area contributed by atoms with Crippen molar-refractivity contribution in [2.45, 2.75) is 79.6 Å². The first-order valence-electron chi connectivity index (χ1n) is 18.0. The fourth-order valence-electron chi connectivity index (χ4n) is 7.84. The lowest BCUT2D eigenvalue weighted by Gasteiger charge is -2.30. The molecule has 0 bridgehead atoms. The molecule has 256 valence electrons. The summed E-state index contributed by atoms with van der Waals surface area (Å²) >= 11 is 0. The van der Waals surface area contributed by atoms with E-state index in [1.54, 1.807) is 11.1 Å². The van der Waals surface area contributed by atoms with Gasteiger partial charge in [-0.2, -0.15) is 0 Å². The van der Waals surface area contributed by atoms with Gasteiger partial charge >= 0.3 is 0 Å². The number of aryl methyl sites for hydroxylation is 7. The normalized spacial score (nSPS) is 15.9. The fraction of sp³-hybridized carbons (Fsp3) is 0.348. The van der Waals surface area contributed by atoms with E-state index in [4.69, 9.17) is 4.74 Å². The van der Waals surface area contributed by atoms with Crippen LogP contribution in [0.3, 0.4) is 0 Å². The van der Waals surface area contributed by atoms with Crippen molar-refractivity contribution in [1.29, 1.82) is 0 Å². The molecule has 0 amide bonds. The van der Waals surface area contributed by atoms with Gasteiger partial charge in [-0.25, -0.2) is 0 Å². The molecular formula is C46H56N2O. The van der Waals surface area contributed by atoms with Crippen LogP contribution in [0.2, 0.25) is 0 Å². The largest absolute Gasteiger partial charge is 0.485 e. The quantitative estimate of drug-likeness (QED) is 0.166. The Bertz CT molecular complexity index is 1810. The van der Waals surface area contributed by atoms with Gasteiger partial charge in [0.2, 0.25) is 0 Å². The number of ether oxygens (including phenoxy) is 1. The molecule has 2 aliphatic heterocycles. The summed E-state index contributed by atoms with van der Waals surface area (Å²) in [5, 5.41) is 2.75. The summed E-state index contributed by atoms with van der Waals surface area (Å²) in [5.74, 6) is 1.74. The SMILES string of the molecule is C=C1COc2cccc(C)c2N1C.Cc1cccc2c1C(C)CCC2.Cc1cccc2c1N(C)CCC2.Cc1cccc2cccc(C)c12. The van der Waals surface area contributed by atoms with E-state index >= 15 is 0 Å². The van der Waals surface area contributed by atoms with Crippen LogP contribution < -0.4 is 14.5 Å². The molecule has 1 atom stereocenters. The third kappa shape index (κ3) is 8.39. The Hall–Kier alpha value is -4.50. The Morgan fingerprint density at radius 1 is 0.633 bits per heavy atom. The first kappa shape index (κ1) is 35.8. The minimum absolute atomic E-state index is 0.590. The zero-order chi connectivity index (χ0) is 35.1. The Balaban J connectivity index is 0.000000127. The average Bonchev–Trinajstić information content (AvgIpc) is 3.08. The van der Waals surface area contributed by atoms with Crippen LogP contribution in [0.4, 0.5) is 11.4 Å². The molecule has 3 aliphatic rings. The van der Waals surface area contributed by atoms with E-state index in [0.29, 0.717) is 6.61 Å². The van der Waals surface area contributed by atoms with E-state index in [-0.39, 0.29) is 0 Å². The van der Waals surface area contributed by atoms with E-state index in [2.05, 4.69) is 144 Å². The van der Waals surface area contributed by atoms with Crippen LogP contribution in [0.25, 0.3) is 10.8 Å². The molecule has 0 fully saturated rings. The van der Waals surface area contributed by atoms with Crippen molar-refractivity contribution >= 4 is 22.1 Å². The van der Waals surface area contributed by atoms with Crippen molar-refractivity contribution in [2.24, 2.45) is 0 Å². The van der Waals surface area contributed by atoms with Crippen LogP contribution in [0.5, 0.6) is 5.75 Å². The average molecular weight is 653 g/mol. The number of benzene rings is 5. The topological polar surface area (TPSA) is 15.7 Å². The van der Waals surface area contributed by atoms with E-state index in [9.17, 15) is 0 Å². The second-order valence-electron chi connectivity index (χ2n) is 14.1. The van der Waals surface area contributed by atoms with Gasteiger partial charge < -0.3 is 14.5 Å². The van der Waals surface area contributed by atoms with Gasteiger partial charge in [0, 0.05) is 32.0 Å². The minimum Gasteiger partial charge on any atom is -0.485 e. The fourth-order valence-corrected chi connectivity index (χ4v) is 7.84. The Labute approximate surface area is 296 Å². The molecule has 3 heteroatoms. The summed E-state index contributed by atoms with van der Waals surface area (Å²) in [4.78, 5) is 4.46. The lowest BCUT2D eigenvalue weighted by atomic mass is 9.82. The number of rotatable bonds is 0. The van der Waals surface area contributed by atoms with Crippen LogP contribution in [0, 0.1) is 34.6 Å². The first-order chi connectivity index (χ1) is 23.6. The molecule has 1 unspecified atom stereocenters. The molecule has 0 spiro atoms. The van der Waals surface area contributed by atoms with Crippen molar-refractivity contribution in [3.63, 3.8) is 0 Å². The lowest BCUT2D eigenvalue weighted by molar-refractivity contribution is 0.338. The Morgan fingerprint density at radius 2 is 1.18 bits per heavy atom. The third-order valence-corrected chi connectivity index (χ3v) is 10.4. The maximum absolute atomic E-state index is 5.55. The predicted molar refractivity (Wildman–Crippen MR) is 213 cm³/mol. The van der Waals surface area contributed by atoms with Crippen molar-refractivity contribution < 1.29 is 4.74 Å². The maximum Gasteiger partial charge on any atom is 0.143 e. The van der Waals surface area contributed by atoms with Crippen molar-refractivity contribution in [2.75, 3.05) is 37.0 Å². The molecule has 49 heavy (non-hydrogen) atoms. The predicted octanol–water partition coefficient (Wildman–Crippen LogP) is 11.6. The summed E-state index contributed by atoms with van der Waals surface area (Å²) in [6.45, 7) is 18.9. The van der Waals surface area contributed by atoms with E-state index in [1.165, 1.54) is 88.5 Å². The Kier molecular flexibility index (Phi) is 11.9. The second-order valence-corrected chi connectivity index (χ2v) is 14.1. The van der Waals surface area contributed by atoms with Gasteiger partial charge in [0.15, 0.2) is 0 Å². The monoisotopic (exact) mass is 652 g/mol. The van der Waals surface area contributed by atoms with Crippen molar-refractivity contribution in [1.82, 2.24) is 0 Å². The van der Waals surface area contributed by atoms with Gasteiger partial charge in [-0.3, -0.25) is 0 Å². The van der Waals surface area contributed by atoms with Gasteiger partial charge in [-0.05, 0) is 134 Å². The van der Waals surface area contributed by atoms with Gasteiger partial charge in [-0.1, -0.05) is 98.4 Å². The summed E-state index contributed by atoms with van der Waals surface area (Å²) in [6, 6.07) is 32.3. The second kappa shape index (κ2) is 16.3. The summed E-state index contributed by atoms with van der Waals surface area (Å²) < 4.78 is 5.55. The van der Waals surface area contributed by atoms with Gasteiger partial charge in [0.1, 0.15) is 12.4 Å². The maximum atomic E-state index is 5.55. The van der Waals surface area contributed by atoms with Crippen LogP contribution in [0.1, 0.15) is 76.6 Å². The molecule has 0 N–H and O–H groups in total. The Morgan fingerprint density at radius 3 is 1.82 bits per heavy atom. The van der Waals surface area contributed by atoms with Crippen LogP contribution in [-0.2, 0) is 12.8 Å². The minimum atomic E-state index is 0.590. The lowest BCUT2D eigenvalue weighted by Crippen LogP contribution is -2.26. The molecule has 0 saturated heterocycles. The van der Waals surface area contributed by atoms with Crippen LogP contribution >= 0.6 is 0 Å². The van der Waals surface area contributed by atoms with E-state index < -0.39 is 0 Å². The number of para-hydroxylation sites is 2. The zero-order valence-electron chi connectivity index (χ0n) is 31.2. The number of fused-ring (bicyclic) bond motifs is 4. The number of nitrogens with zero attached hydrogens (tertiary/aromatic N) is 2. The highest BCUT2D eigenvalue weighted by Crippen LogP contribution is 2.36. The number of hydrogen-bond acceptors (Lipinski definition) is 3.